The van der Waals surface area contributed by atoms with Gasteiger partial charge in [0, 0.05) is 29.8 Å². The number of hydrogen-bond donors (Lipinski definition) is 4. The minimum atomic E-state index is -1.04. The van der Waals surface area contributed by atoms with E-state index in [2.05, 4.69) is 10.3 Å². The maximum absolute atomic E-state index is 11.7. The standard InChI is InChI=1S/C13H16N2O3/c1-14-7-11(17)13(18)9-4-2-3-8-10(16)5-6-15-12(8)9/h2-6,11,13-14,17-18H,7H2,1H3,(H,15,16). The monoisotopic (exact) mass is 248 g/mol. The number of likely N-dealkylation sites (N-methyl/N-ethyl adjacent to an activating group) is 1. The number of aromatic amines is 1. The number of rotatable bonds is 4. The number of nitrogens with one attached hydrogen (secondary N) is 2. The molecule has 0 amide bonds. The molecule has 2 rings (SSSR count). The van der Waals surface area contributed by atoms with Gasteiger partial charge < -0.3 is 20.5 Å². The van der Waals surface area contributed by atoms with Crippen LogP contribution >= 0.6 is 0 Å². The Kier molecular flexibility index (Phi) is 3.76. The first-order chi connectivity index (χ1) is 8.65. The normalized spacial score (nSPS) is 14.6. The number of benzene rings is 1. The molecule has 5 nitrogen and oxygen atoms in total. The Balaban J connectivity index is 2.51. The van der Waals surface area contributed by atoms with Crippen molar-refractivity contribution in [1.29, 1.82) is 0 Å². The van der Waals surface area contributed by atoms with E-state index in [-0.39, 0.29) is 12.0 Å². The third-order valence-corrected chi connectivity index (χ3v) is 2.92. The molecule has 2 unspecified atom stereocenters. The maximum atomic E-state index is 11.7. The average molecular weight is 248 g/mol. The smallest absolute Gasteiger partial charge is 0.189 e. The van der Waals surface area contributed by atoms with Crippen LogP contribution in [-0.4, -0.2) is 34.9 Å². The number of pyridine rings is 1. The molecule has 0 saturated carbocycles. The van der Waals surface area contributed by atoms with E-state index in [0.717, 1.165) is 0 Å². The van der Waals surface area contributed by atoms with Gasteiger partial charge in [0.05, 0.1) is 11.6 Å². The van der Waals surface area contributed by atoms with Gasteiger partial charge in [-0.25, -0.2) is 0 Å². The van der Waals surface area contributed by atoms with Crippen molar-refractivity contribution in [3.63, 3.8) is 0 Å². The molecule has 18 heavy (non-hydrogen) atoms. The zero-order valence-electron chi connectivity index (χ0n) is 10.1. The lowest BCUT2D eigenvalue weighted by Crippen LogP contribution is -2.29. The van der Waals surface area contributed by atoms with E-state index in [0.29, 0.717) is 16.5 Å². The number of aliphatic hydroxyl groups is 2. The Hall–Kier alpha value is -1.69. The summed E-state index contributed by atoms with van der Waals surface area (Å²) >= 11 is 0. The summed E-state index contributed by atoms with van der Waals surface area (Å²) in [6, 6.07) is 6.52. The van der Waals surface area contributed by atoms with Crippen LogP contribution in [0.25, 0.3) is 10.9 Å². The van der Waals surface area contributed by atoms with E-state index in [1.807, 2.05) is 0 Å². The van der Waals surface area contributed by atoms with E-state index in [9.17, 15) is 15.0 Å². The zero-order chi connectivity index (χ0) is 13.1. The molecule has 0 aliphatic carbocycles. The van der Waals surface area contributed by atoms with Crippen LogP contribution in [-0.2, 0) is 0 Å². The van der Waals surface area contributed by atoms with Crippen molar-refractivity contribution in [3.05, 3.63) is 46.2 Å². The lowest BCUT2D eigenvalue weighted by atomic mass is 10.0. The fraction of sp³-hybridized carbons (Fsp3) is 0.308. The van der Waals surface area contributed by atoms with E-state index in [4.69, 9.17) is 0 Å². The van der Waals surface area contributed by atoms with Gasteiger partial charge >= 0.3 is 0 Å². The van der Waals surface area contributed by atoms with Gasteiger partial charge in [0.2, 0.25) is 0 Å². The van der Waals surface area contributed by atoms with Gasteiger partial charge in [0.15, 0.2) is 5.43 Å². The second-order valence-electron chi connectivity index (χ2n) is 4.18. The summed E-state index contributed by atoms with van der Waals surface area (Å²) in [6.45, 7) is 0.272. The minimum absolute atomic E-state index is 0.110. The molecule has 2 atom stereocenters. The highest BCUT2D eigenvalue weighted by atomic mass is 16.3. The quantitative estimate of drug-likeness (QED) is 0.620. The van der Waals surface area contributed by atoms with Gasteiger partial charge in [-0.1, -0.05) is 12.1 Å². The summed E-state index contributed by atoms with van der Waals surface area (Å²) in [4.78, 5) is 14.6. The first kappa shape index (κ1) is 12.8. The Labute approximate surface area is 104 Å². The lowest BCUT2D eigenvalue weighted by molar-refractivity contribution is 0.0210. The Morgan fingerprint density at radius 3 is 2.83 bits per heavy atom. The molecule has 0 spiro atoms. The molecular formula is C13H16N2O3. The number of para-hydroxylation sites is 1. The van der Waals surface area contributed by atoms with Crippen LogP contribution in [0.15, 0.2) is 35.3 Å². The van der Waals surface area contributed by atoms with Crippen LogP contribution in [0.2, 0.25) is 0 Å². The Bertz CT molecular complexity index is 594. The molecule has 0 aliphatic rings. The highest BCUT2D eigenvalue weighted by Crippen LogP contribution is 2.22. The van der Waals surface area contributed by atoms with Crippen LogP contribution in [0, 0.1) is 0 Å². The van der Waals surface area contributed by atoms with Crippen molar-refractivity contribution >= 4 is 10.9 Å². The highest BCUT2D eigenvalue weighted by Gasteiger charge is 2.20. The molecule has 5 heteroatoms. The van der Waals surface area contributed by atoms with Gasteiger partial charge in [-0.3, -0.25) is 4.79 Å². The maximum Gasteiger partial charge on any atom is 0.189 e. The molecule has 0 bridgehead atoms. The van der Waals surface area contributed by atoms with Gasteiger partial charge in [-0.15, -0.1) is 0 Å². The zero-order valence-corrected chi connectivity index (χ0v) is 10.1. The second-order valence-corrected chi connectivity index (χ2v) is 4.18. The van der Waals surface area contributed by atoms with E-state index in [1.54, 1.807) is 25.2 Å². The van der Waals surface area contributed by atoms with E-state index < -0.39 is 12.2 Å². The van der Waals surface area contributed by atoms with Crippen molar-refractivity contribution in [2.24, 2.45) is 0 Å². The highest BCUT2D eigenvalue weighted by molar-refractivity contribution is 5.81. The fourth-order valence-corrected chi connectivity index (χ4v) is 2.00. The summed E-state index contributed by atoms with van der Waals surface area (Å²) < 4.78 is 0. The first-order valence-corrected chi connectivity index (χ1v) is 5.76. The predicted molar refractivity (Wildman–Crippen MR) is 69.5 cm³/mol. The van der Waals surface area contributed by atoms with Crippen LogP contribution in [0.3, 0.4) is 0 Å². The molecule has 1 heterocycles. The number of H-pyrrole nitrogens is 1. The topological polar surface area (TPSA) is 85.3 Å². The predicted octanol–water partition coefficient (Wildman–Crippen LogP) is 0.142. The van der Waals surface area contributed by atoms with Crippen molar-refractivity contribution in [3.8, 4) is 0 Å². The average Bonchev–Trinajstić information content (AvgIpc) is 2.38. The van der Waals surface area contributed by atoms with E-state index >= 15 is 0 Å². The van der Waals surface area contributed by atoms with E-state index in [1.165, 1.54) is 12.3 Å². The second kappa shape index (κ2) is 5.30. The molecule has 96 valence electrons. The molecular weight excluding hydrogens is 232 g/mol. The van der Waals surface area contributed by atoms with Crippen molar-refractivity contribution in [1.82, 2.24) is 10.3 Å². The van der Waals surface area contributed by atoms with Gasteiger partial charge in [-0.2, -0.15) is 0 Å². The van der Waals surface area contributed by atoms with Crippen LogP contribution in [0.5, 0.6) is 0 Å². The number of aromatic nitrogens is 1. The largest absolute Gasteiger partial charge is 0.389 e. The molecule has 0 radical (unpaired) electrons. The molecule has 4 N–H and O–H groups in total. The minimum Gasteiger partial charge on any atom is -0.389 e. The van der Waals surface area contributed by atoms with Crippen LogP contribution < -0.4 is 10.7 Å². The fourth-order valence-electron chi connectivity index (χ4n) is 2.00. The summed E-state index contributed by atoms with van der Waals surface area (Å²) in [5.74, 6) is 0. The molecule has 0 aliphatic heterocycles. The first-order valence-electron chi connectivity index (χ1n) is 5.76. The van der Waals surface area contributed by atoms with Crippen LogP contribution in [0.1, 0.15) is 11.7 Å². The SMILES string of the molecule is CNCC(O)C(O)c1cccc2c(=O)cc[nH]c12. The Morgan fingerprint density at radius 1 is 1.33 bits per heavy atom. The molecule has 2 aromatic rings. The molecule has 1 aromatic heterocycles. The van der Waals surface area contributed by atoms with Gasteiger partial charge in [-0.05, 0) is 13.1 Å². The van der Waals surface area contributed by atoms with Gasteiger partial charge in [0.1, 0.15) is 6.10 Å². The molecule has 0 fully saturated rings. The number of fused-ring (bicyclic) bond motifs is 1. The number of aliphatic hydroxyl groups excluding tert-OH is 2. The summed E-state index contributed by atoms with van der Waals surface area (Å²) in [5, 5.41) is 23.2. The number of hydrogen-bond acceptors (Lipinski definition) is 4. The summed E-state index contributed by atoms with van der Waals surface area (Å²) in [5.41, 5.74) is 0.974. The van der Waals surface area contributed by atoms with Crippen molar-refractivity contribution in [2.75, 3.05) is 13.6 Å². The third-order valence-electron chi connectivity index (χ3n) is 2.92. The van der Waals surface area contributed by atoms with Crippen molar-refractivity contribution < 1.29 is 10.2 Å². The Morgan fingerprint density at radius 2 is 2.11 bits per heavy atom. The summed E-state index contributed by atoms with van der Waals surface area (Å²) in [6.07, 6.45) is -0.436. The summed E-state index contributed by atoms with van der Waals surface area (Å²) in [7, 11) is 1.70. The van der Waals surface area contributed by atoms with Crippen LogP contribution in [0.4, 0.5) is 0 Å². The molecule has 1 aromatic carbocycles. The van der Waals surface area contributed by atoms with Crippen molar-refractivity contribution in [2.45, 2.75) is 12.2 Å². The molecule has 0 saturated heterocycles. The van der Waals surface area contributed by atoms with Gasteiger partial charge in [0.25, 0.3) is 0 Å². The lowest BCUT2D eigenvalue weighted by Gasteiger charge is -2.19. The third kappa shape index (κ3) is 2.28.